The minimum absolute atomic E-state index is 0.0402. The molecule has 1 atom stereocenters. The maximum Gasteiger partial charge on any atom is 0.231 e. The summed E-state index contributed by atoms with van der Waals surface area (Å²) in [4.78, 5) is 17.3. The first kappa shape index (κ1) is 18.3. The maximum atomic E-state index is 12.7. The minimum atomic E-state index is -0.236. The number of amides is 1. The Kier molecular flexibility index (Phi) is 4.76. The molecule has 0 bridgehead atoms. The van der Waals surface area contributed by atoms with Crippen molar-refractivity contribution >= 4 is 23.2 Å². The zero-order valence-corrected chi connectivity index (χ0v) is 16.8. The van der Waals surface area contributed by atoms with E-state index in [1.54, 1.807) is 6.07 Å². The predicted molar refractivity (Wildman–Crippen MR) is 113 cm³/mol. The van der Waals surface area contributed by atoms with Gasteiger partial charge in [-0.1, -0.05) is 11.6 Å². The van der Waals surface area contributed by atoms with E-state index in [1.165, 1.54) is 18.5 Å². The van der Waals surface area contributed by atoms with Gasteiger partial charge in [0.15, 0.2) is 0 Å². The number of anilines is 1. The van der Waals surface area contributed by atoms with E-state index in [0.29, 0.717) is 18.1 Å². The molecule has 1 aromatic heterocycles. The number of aromatic nitrogens is 2. The Bertz CT molecular complexity index is 1060. The van der Waals surface area contributed by atoms with Gasteiger partial charge in [0, 0.05) is 34.7 Å². The highest BCUT2D eigenvalue weighted by Gasteiger charge is 2.26. The molecule has 1 unspecified atom stereocenters. The van der Waals surface area contributed by atoms with E-state index in [0.717, 1.165) is 41.4 Å². The number of rotatable bonds is 3. The lowest BCUT2D eigenvalue weighted by Crippen LogP contribution is -2.32. The summed E-state index contributed by atoms with van der Waals surface area (Å²) in [5.74, 6) is 1.54. The Morgan fingerprint density at radius 2 is 2.03 bits per heavy atom. The first-order valence-electron chi connectivity index (χ1n) is 10.0. The number of aryl methyl sites for hydroxylation is 1. The van der Waals surface area contributed by atoms with Gasteiger partial charge in [-0.2, -0.15) is 0 Å². The molecule has 2 aromatic carbocycles. The second-order valence-corrected chi connectivity index (χ2v) is 8.15. The topological polar surface area (TPSA) is 56.2 Å². The van der Waals surface area contributed by atoms with Crippen molar-refractivity contribution in [2.75, 3.05) is 11.9 Å². The lowest BCUT2D eigenvalue weighted by molar-refractivity contribution is -0.121. The van der Waals surface area contributed by atoms with Crippen LogP contribution >= 0.6 is 11.6 Å². The molecule has 5 rings (SSSR count). The largest absolute Gasteiger partial charge is 0.492 e. The van der Waals surface area contributed by atoms with Gasteiger partial charge < -0.3 is 14.6 Å². The Hall–Kier alpha value is -2.79. The lowest BCUT2D eigenvalue weighted by Gasteiger charge is -2.24. The smallest absolute Gasteiger partial charge is 0.231 e. The van der Waals surface area contributed by atoms with Crippen molar-refractivity contribution < 1.29 is 9.53 Å². The Balaban J connectivity index is 1.28. The summed E-state index contributed by atoms with van der Waals surface area (Å²) in [6.45, 7) is 1.40. The highest BCUT2D eigenvalue weighted by Crippen LogP contribution is 2.31. The maximum absolute atomic E-state index is 12.7. The van der Waals surface area contributed by atoms with Gasteiger partial charge in [-0.25, -0.2) is 4.98 Å². The van der Waals surface area contributed by atoms with Crippen molar-refractivity contribution in [1.29, 1.82) is 0 Å². The van der Waals surface area contributed by atoms with Crippen LogP contribution in [-0.2, 0) is 24.2 Å². The molecule has 29 heavy (non-hydrogen) atoms. The number of carbonyl (C=O) groups is 1. The van der Waals surface area contributed by atoms with Gasteiger partial charge in [0.05, 0.1) is 5.92 Å². The van der Waals surface area contributed by atoms with E-state index in [9.17, 15) is 4.79 Å². The summed E-state index contributed by atoms with van der Waals surface area (Å²) in [5, 5.41) is 3.67. The summed E-state index contributed by atoms with van der Waals surface area (Å²) in [7, 11) is 0. The summed E-state index contributed by atoms with van der Waals surface area (Å²) in [5.41, 5.74) is 4.13. The van der Waals surface area contributed by atoms with Crippen molar-refractivity contribution in [3.63, 3.8) is 0 Å². The van der Waals surface area contributed by atoms with Crippen LogP contribution in [0.1, 0.15) is 24.1 Å². The van der Waals surface area contributed by atoms with Crippen molar-refractivity contribution in [1.82, 2.24) is 9.55 Å². The number of fused-ring (bicyclic) bond motifs is 2. The zero-order valence-electron chi connectivity index (χ0n) is 16.0. The van der Waals surface area contributed by atoms with Gasteiger partial charge in [0.1, 0.15) is 18.2 Å². The molecule has 5 nitrogen and oxygen atoms in total. The van der Waals surface area contributed by atoms with Crippen molar-refractivity contribution in [2.24, 2.45) is 5.92 Å². The van der Waals surface area contributed by atoms with Crippen molar-refractivity contribution in [3.8, 4) is 17.1 Å². The molecule has 0 spiro atoms. The molecule has 0 radical (unpaired) electrons. The summed E-state index contributed by atoms with van der Waals surface area (Å²) in [6, 6.07) is 13.4. The van der Waals surface area contributed by atoms with E-state index in [2.05, 4.69) is 14.9 Å². The van der Waals surface area contributed by atoms with E-state index in [-0.39, 0.29) is 11.8 Å². The number of hydrogen-bond acceptors (Lipinski definition) is 3. The van der Waals surface area contributed by atoms with Crippen LogP contribution in [0.2, 0.25) is 5.02 Å². The fourth-order valence-electron chi connectivity index (χ4n) is 4.14. The van der Waals surface area contributed by atoms with E-state index in [1.807, 2.05) is 42.6 Å². The SMILES string of the molecule is O=C(Nc1ccc(-c2ncc3n2CCCC3)cc1)C1COc2ccc(Cl)cc2C1. The molecule has 0 saturated carbocycles. The summed E-state index contributed by atoms with van der Waals surface area (Å²) in [6.07, 6.45) is 6.14. The highest BCUT2D eigenvalue weighted by molar-refractivity contribution is 6.30. The number of nitrogens with one attached hydrogen (secondary N) is 1. The third-order valence-corrected chi connectivity index (χ3v) is 5.95. The standard InChI is InChI=1S/C23H22ClN3O2/c24-18-6-9-21-16(12-18)11-17(14-29-21)23(28)26-19-7-4-15(5-8-19)22-25-13-20-3-1-2-10-27(20)22/h4-9,12-13,17H,1-3,10-11,14H2,(H,26,28). The average molecular weight is 408 g/mol. The third kappa shape index (κ3) is 3.62. The number of carbonyl (C=O) groups excluding carboxylic acids is 1. The fraction of sp³-hybridized carbons (Fsp3) is 0.304. The fourth-order valence-corrected chi connectivity index (χ4v) is 4.34. The molecule has 3 aromatic rings. The Morgan fingerprint density at radius 1 is 1.17 bits per heavy atom. The molecule has 0 saturated heterocycles. The van der Waals surface area contributed by atoms with Gasteiger partial charge in [0.25, 0.3) is 0 Å². The van der Waals surface area contributed by atoms with Crippen LogP contribution in [0.4, 0.5) is 5.69 Å². The summed E-state index contributed by atoms with van der Waals surface area (Å²) < 4.78 is 8.04. The number of ether oxygens (including phenoxy) is 1. The van der Waals surface area contributed by atoms with E-state index in [4.69, 9.17) is 16.3 Å². The molecule has 6 heteroatoms. The van der Waals surface area contributed by atoms with Crippen molar-refractivity contribution in [2.45, 2.75) is 32.2 Å². The molecule has 1 amide bonds. The van der Waals surface area contributed by atoms with Crippen LogP contribution in [0, 0.1) is 5.92 Å². The lowest BCUT2D eigenvalue weighted by atomic mass is 9.96. The second kappa shape index (κ2) is 7.56. The van der Waals surface area contributed by atoms with Gasteiger partial charge in [-0.15, -0.1) is 0 Å². The number of nitrogens with zero attached hydrogens (tertiary/aromatic N) is 2. The molecule has 0 fully saturated rings. The van der Waals surface area contributed by atoms with Gasteiger partial charge in [-0.05, 0) is 73.7 Å². The molecule has 0 aliphatic carbocycles. The molecule has 1 N–H and O–H groups in total. The minimum Gasteiger partial charge on any atom is -0.492 e. The number of imidazole rings is 1. The van der Waals surface area contributed by atoms with Gasteiger partial charge in [0.2, 0.25) is 5.91 Å². The van der Waals surface area contributed by atoms with Crippen LogP contribution in [0.25, 0.3) is 11.4 Å². The Morgan fingerprint density at radius 3 is 2.90 bits per heavy atom. The third-order valence-electron chi connectivity index (χ3n) is 5.71. The molecule has 2 aliphatic heterocycles. The van der Waals surface area contributed by atoms with Crippen LogP contribution in [0.15, 0.2) is 48.7 Å². The van der Waals surface area contributed by atoms with E-state index >= 15 is 0 Å². The van der Waals surface area contributed by atoms with Crippen molar-refractivity contribution in [3.05, 3.63) is 64.9 Å². The predicted octanol–water partition coefficient (Wildman–Crippen LogP) is 4.73. The number of hydrogen-bond donors (Lipinski definition) is 1. The molecular formula is C23H22ClN3O2. The number of halogens is 1. The average Bonchev–Trinajstić information content (AvgIpc) is 3.18. The van der Waals surface area contributed by atoms with Crippen LogP contribution in [-0.4, -0.2) is 22.1 Å². The normalized spacial score (nSPS) is 17.8. The Labute approximate surface area is 174 Å². The first-order chi connectivity index (χ1) is 14.2. The molecule has 2 aliphatic rings. The monoisotopic (exact) mass is 407 g/mol. The zero-order chi connectivity index (χ0) is 19.8. The van der Waals surface area contributed by atoms with E-state index < -0.39 is 0 Å². The summed E-state index contributed by atoms with van der Waals surface area (Å²) >= 11 is 6.07. The van der Waals surface area contributed by atoms with Crippen LogP contribution < -0.4 is 10.1 Å². The number of benzene rings is 2. The molecule has 148 valence electrons. The molecule has 3 heterocycles. The van der Waals surface area contributed by atoms with Crippen LogP contribution in [0.3, 0.4) is 0 Å². The van der Waals surface area contributed by atoms with Crippen LogP contribution in [0.5, 0.6) is 5.75 Å². The highest BCUT2D eigenvalue weighted by atomic mass is 35.5. The molecular weight excluding hydrogens is 386 g/mol. The quantitative estimate of drug-likeness (QED) is 0.682. The first-order valence-corrected chi connectivity index (χ1v) is 10.4. The second-order valence-electron chi connectivity index (χ2n) is 7.71. The van der Waals surface area contributed by atoms with Gasteiger partial charge in [-0.3, -0.25) is 4.79 Å². The van der Waals surface area contributed by atoms with Gasteiger partial charge >= 0.3 is 0 Å².